The molecule has 0 saturated heterocycles. The molecule has 0 bridgehead atoms. The van der Waals surface area contributed by atoms with Gasteiger partial charge in [-0.1, -0.05) is 12.1 Å². The maximum Gasteiger partial charge on any atom is 0.229 e. The number of ketones is 1. The molecular weight excluding hydrogens is 290 g/mol. The van der Waals surface area contributed by atoms with Gasteiger partial charge in [0.1, 0.15) is 5.78 Å². The van der Waals surface area contributed by atoms with Gasteiger partial charge in [0.25, 0.3) is 0 Å². The lowest BCUT2D eigenvalue weighted by Gasteiger charge is -2.10. The summed E-state index contributed by atoms with van der Waals surface area (Å²) in [6, 6.07) is 7.81. The Balaban J connectivity index is 1.84. The Labute approximate surface area is 134 Å². The van der Waals surface area contributed by atoms with E-state index in [1.54, 1.807) is 6.92 Å². The summed E-state index contributed by atoms with van der Waals surface area (Å²) >= 11 is 0. The lowest BCUT2D eigenvalue weighted by Crippen LogP contribution is -2.07. The van der Waals surface area contributed by atoms with Crippen LogP contribution in [-0.4, -0.2) is 25.7 Å². The number of carbonyl (C=O) groups excluding carboxylic acids is 1. The standard InChI is InChI=1S/C17H19N5O/c1-10(23)8-9-13-11(2)18-16(19-12(13)3)22-17-20-14-6-4-5-7-15(14)21-17/h4-7H,8-9H2,1-3H3,(H2,18,19,20,21,22). The number of nitrogens with zero attached hydrogens (tertiary/aromatic N) is 3. The first-order chi connectivity index (χ1) is 11.0. The SMILES string of the molecule is CC(=O)CCc1c(C)nc(Nc2nc3ccccc3[nH]2)nc1C. The molecule has 0 radical (unpaired) electrons. The number of aryl methyl sites for hydroxylation is 2. The zero-order valence-corrected chi connectivity index (χ0v) is 13.5. The lowest BCUT2D eigenvalue weighted by molar-refractivity contribution is -0.116. The molecule has 0 spiro atoms. The number of H-pyrrole nitrogens is 1. The van der Waals surface area contributed by atoms with E-state index in [4.69, 9.17) is 0 Å². The Morgan fingerprint density at radius 1 is 1.13 bits per heavy atom. The predicted octanol–water partition coefficient (Wildman–Crippen LogP) is 3.23. The fourth-order valence-electron chi connectivity index (χ4n) is 2.58. The minimum Gasteiger partial charge on any atom is -0.324 e. The highest BCUT2D eigenvalue weighted by molar-refractivity contribution is 5.78. The Bertz CT molecular complexity index is 812. The number of aromatic amines is 1. The molecule has 0 saturated carbocycles. The second-order valence-corrected chi connectivity index (χ2v) is 5.63. The summed E-state index contributed by atoms with van der Waals surface area (Å²) in [7, 11) is 0. The van der Waals surface area contributed by atoms with Gasteiger partial charge in [0.15, 0.2) is 0 Å². The van der Waals surface area contributed by atoms with E-state index in [0.29, 0.717) is 24.7 Å². The summed E-state index contributed by atoms with van der Waals surface area (Å²) < 4.78 is 0. The van der Waals surface area contributed by atoms with Crippen LogP contribution in [0.25, 0.3) is 11.0 Å². The molecule has 0 aliphatic heterocycles. The largest absolute Gasteiger partial charge is 0.324 e. The number of hydrogen-bond acceptors (Lipinski definition) is 5. The number of imidazole rings is 1. The minimum atomic E-state index is 0.174. The number of para-hydroxylation sites is 2. The molecule has 0 atom stereocenters. The van der Waals surface area contributed by atoms with Crippen molar-refractivity contribution in [3.8, 4) is 0 Å². The number of benzene rings is 1. The average molecular weight is 309 g/mol. The predicted molar refractivity (Wildman–Crippen MR) is 89.9 cm³/mol. The number of carbonyl (C=O) groups is 1. The fourth-order valence-corrected chi connectivity index (χ4v) is 2.58. The number of Topliss-reactive ketones (excluding diaryl/α,β-unsaturated/α-hetero) is 1. The summed E-state index contributed by atoms with van der Waals surface area (Å²) in [6.07, 6.45) is 1.19. The van der Waals surface area contributed by atoms with Crippen LogP contribution in [0, 0.1) is 13.8 Å². The van der Waals surface area contributed by atoms with Crippen LogP contribution in [0.15, 0.2) is 24.3 Å². The van der Waals surface area contributed by atoms with Gasteiger partial charge in [0.2, 0.25) is 11.9 Å². The quantitative estimate of drug-likeness (QED) is 0.756. The highest BCUT2D eigenvalue weighted by atomic mass is 16.1. The van der Waals surface area contributed by atoms with Crippen LogP contribution in [0.4, 0.5) is 11.9 Å². The number of nitrogens with one attached hydrogen (secondary N) is 2. The minimum absolute atomic E-state index is 0.174. The van der Waals surface area contributed by atoms with Crippen LogP contribution in [-0.2, 0) is 11.2 Å². The van der Waals surface area contributed by atoms with Crippen LogP contribution < -0.4 is 5.32 Å². The Kier molecular flexibility index (Phi) is 4.06. The van der Waals surface area contributed by atoms with E-state index in [0.717, 1.165) is 28.0 Å². The van der Waals surface area contributed by atoms with E-state index >= 15 is 0 Å². The molecule has 118 valence electrons. The summed E-state index contributed by atoms with van der Waals surface area (Å²) in [5.41, 5.74) is 4.66. The van der Waals surface area contributed by atoms with Crippen LogP contribution in [0.3, 0.4) is 0 Å². The Hall–Kier alpha value is -2.76. The number of rotatable bonds is 5. The average Bonchev–Trinajstić information content (AvgIpc) is 2.88. The molecule has 2 heterocycles. The maximum atomic E-state index is 11.2. The first kappa shape index (κ1) is 15.1. The van der Waals surface area contributed by atoms with E-state index in [1.807, 2.05) is 38.1 Å². The Morgan fingerprint density at radius 2 is 1.83 bits per heavy atom. The normalized spacial score (nSPS) is 10.9. The van der Waals surface area contributed by atoms with Gasteiger partial charge in [-0.05, 0) is 44.9 Å². The van der Waals surface area contributed by atoms with Crippen molar-refractivity contribution in [2.75, 3.05) is 5.32 Å². The molecule has 0 amide bonds. The molecule has 0 unspecified atom stereocenters. The lowest BCUT2D eigenvalue weighted by atomic mass is 10.1. The van der Waals surface area contributed by atoms with Gasteiger partial charge in [0, 0.05) is 17.8 Å². The van der Waals surface area contributed by atoms with Gasteiger partial charge in [-0.15, -0.1) is 0 Å². The van der Waals surface area contributed by atoms with Gasteiger partial charge in [-0.2, -0.15) is 0 Å². The third-order valence-corrected chi connectivity index (χ3v) is 3.77. The molecule has 0 aliphatic carbocycles. The van der Waals surface area contributed by atoms with Crippen molar-refractivity contribution >= 4 is 28.7 Å². The summed E-state index contributed by atoms with van der Waals surface area (Å²) in [5.74, 6) is 1.29. The van der Waals surface area contributed by atoms with Crippen molar-refractivity contribution < 1.29 is 4.79 Å². The van der Waals surface area contributed by atoms with Crippen LogP contribution in [0.1, 0.15) is 30.3 Å². The third-order valence-electron chi connectivity index (χ3n) is 3.77. The first-order valence-corrected chi connectivity index (χ1v) is 7.58. The topological polar surface area (TPSA) is 83.6 Å². The second kappa shape index (κ2) is 6.16. The first-order valence-electron chi connectivity index (χ1n) is 7.58. The van der Waals surface area contributed by atoms with Crippen molar-refractivity contribution in [1.29, 1.82) is 0 Å². The summed E-state index contributed by atoms with van der Waals surface area (Å²) in [4.78, 5) is 27.8. The summed E-state index contributed by atoms with van der Waals surface area (Å²) in [5, 5.41) is 3.11. The zero-order chi connectivity index (χ0) is 16.4. The van der Waals surface area contributed by atoms with Crippen molar-refractivity contribution in [3.63, 3.8) is 0 Å². The van der Waals surface area contributed by atoms with E-state index in [2.05, 4.69) is 25.3 Å². The maximum absolute atomic E-state index is 11.2. The molecule has 2 aromatic heterocycles. The van der Waals surface area contributed by atoms with E-state index < -0.39 is 0 Å². The van der Waals surface area contributed by atoms with Crippen molar-refractivity contribution in [2.45, 2.75) is 33.6 Å². The Morgan fingerprint density at radius 3 is 2.48 bits per heavy atom. The molecule has 1 aromatic carbocycles. The number of aromatic nitrogens is 4. The molecule has 6 nitrogen and oxygen atoms in total. The number of fused-ring (bicyclic) bond motifs is 1. The molecule has 23 heavy (non-hydrogen) atoms. The van der Waals surface area contributed by atoms with Gasteiger partial charge in [-0.25, -0.2) is 15.0 Å². The van der Waals surface area contributed by atoms with E-state index in [-0.39, 0.29) is 5.78 Å². The highest BCUT2D eigenvalue weighted by Gasteiger charge is 2.11. The molecule has 2 N–H and O–H groups in total. The smallest absolute Gasteiger partial charge is 0.229 e. The van der Waals surface area contributed by atoms with Crippen molar-refractivity contribution in [1.82, 2.24) is 19.9 Å². The molecule has 3 rings (SSSR count). The monoisotopic (exact) mass is 309 g/mol. The van der Waals surface area contributed by atoms with E-state index in [9.17, 15) is 4.79 Å². The number of hydrogen-bond donors (Lipinski definition) is 2. The van der Waals surface area contributed by atoms with Crippen LogP contribution >= 0.6 is 0 Å². The number of anilines is 2. The van der Waals surface area contributed by atoms with Gasteiger partial charge in [0.05, 0.1) is 11.0 Å². The van der Waals surface area contributed by atoms with E-state index in [1.165, 1.54) is 0 Å². The summed E-state index contributed by atoms with van der Waals surface area (Å²) in [6.45, 7) is 5.48. The second-order valence-electron chi connectivity index (χ2n) is 5.63. The molecular formula is C17H19N5O. The van der Waals surface area contributed by atoms with Crippen molar-refractivity contribution in [3.05, 3.63) is 41.2 Å². The zero-order valence-electron chi connectivity index (χ0n) is 13.5. The molecule has 3 aromatic rings. The fraction of sp³-hybridized carbons (Fsp3) is 0.294. The molecule has 0 fully saturated rings. The van der Waals surface area contributed by atoms with Gasteiger partial charge < -0.3 is 9.78 Å². The third kappa shape index (κ3) is 3.36. The molecule has 0 aliphatic rings. The van der Waals surface area contributed by atoms with Crippen molar-refractivity contribution in [2.24, 2.45) is 0 Å². The molecule has 6 heteroatoms. The van der Waals surface area contributed by atoms with Crippen LogP contribution in [0.2, 0.25) is 0 Å². The van der Waals surface area contributed by atoms with Gasteiger partial charge >= 0.3 is 0 Å². The highest BCUT2D eigenvalue weighted by Crippen LogP contribution is 2.19. The van der Waals surface area contributed by atoms with Gasteiger partial charge in [-0.3, -0.25) is 5.32 Å². The van der Waals surface area contributed by atoms with Crippen LogP contribution in [0.5, 0.6) is 0 Å².